The summed E-state index contributed by atoms with van der Waals surface area (Å²) in [6.07, 6.45) is 3.26. The van der Waals surface area contributed by atoms with Gasteiger partial charge in [0, 0.05) is 23.6 Å². The van der Waals surface area contributed by atoms with Crippen molar-refractivity contribution < 1.29 is 14.7 Å². The van der Waals surface area contributed by atoms with E-state index in [2.05, 4.69) is 4.98 Å². The number of aromatic nitrogens is 1. The van der Waals surface area contributed by atoms with Crippen molar-refractivity contribution in [3.05, 3.63) is 99.9 Å². The average Bonchev–Trinajstić information content (AvgIpc) is 3.00. The molecule has 1 atom stereocenters. The molecule has 2 aromatic carbocycles. The summed E-state index contributed by atoms with van der Waals surface area (Å²) in [6.45, 7) is 7.68. The van der Waals surface area contributed by atoms with Crippen LogP contribution in [0.25, 0.3) is 5.76 Å². The van der Waals surface area contributed by atoms with Crippen LogP contribution in [0.5, 0.6) is 0 Å². The number of pyridine rings is 1. The minimum absolute atomic E-state index is 0.0749. The number of anilines is 1. The average molecular weight is 412 g/mol. The second-order valence-corrected chi connectivity index (χ2v) is 8.12. The zero-order valence-corrected chi connectivity index (χ0v) is 18.0. The van der Waals surface area contributed by atoms with Gasteiger partial charge in [0.15, 0.2) is 0 Å². The van der Waals surface area contributed by atoms with Gasteiger partial charge in [-0.2, -0.15) is 0 Å². The van der Waals surface area contributed by atoms with Gasteiger partial charge < -0.3 is 5.11 Å². The molecule has 5 nitrogen and oxygen atoms in total. The Morgan fingerprint density at radius 1 is 0.935 bits per heavy atom. The number of carbonyl (C=O) groups excluding carboxylic acids is 2. The number of aryl methyl sites for hydroxylation is 4. The number of hydrogen-bond donors (Lipinski definition) is 1. The number of Topliss-reactive ketones (excluding diaryl/α,β-unsaturated/α-hetero) is 1. The zero-order valence-electron chi connectivity index (χ0n) is 18.0. The fraction of sp³-hybridized carbons (Fsp3) is 0.192. The van der Waals surface area contributed by atoms with Crippen LogP contribution in [-0.4, -0.2) is 21.8 Å². The molecule has 0 spiro atoms. The predicted molar refractivity (Wildman–Crippen MR) is 121 cm³/mol. The van der Waals surface area contributed by atoms with E-state index in [9.17, 15) is 14.7 Å². The lowest BCUT2D eigenvalue weighted by Gasteiger charge is -2.26. The third-order valence-corrected chi connectivity index (χ3v) is 5.58. The van der Waals surface area contributed by atoms with E-state index in [1.807, 2.05) is 70.2 Å². The third kappa shape index (κ3) is 3.63. The lowest BCUT2D eigenvalue weighted by molar-refractivity contribution is -0.132. The van der Waals surface area contributed by atoms with Crippen molar-refractivity contribution in [2.24, 2.45) is 0 Å². The topological polar surface area (TPSA) is 70.5 Å². The van der Waals surface area contributed by atoms with Crippen LogP contribution in [0.1, 0.15) is 39.4 Å². The third-order valence-electron chi connectivity index (χ3n) is 5.58. The van der Waals surface area contributed by atoms with E-state index in [0.29, 0.717) is 16.8 Å². The molecule has 1 aliphatic rings. The van der Waals surface area contributed by atoms with Gasteiger partial charge in [-0.25, -0.2) is 0 Å². The van der Waals surface area contributed by atoms with E-state index in [4.69, 9.17) is 0 Å². The number of ketones is 1. The van der Waals surface area contributed by atoms with E-state index >= 15 is 0 Å². The lowest BCUT2D eigenvalue weighted by atomic mass is 9.94. The summed E-state index contributed by atoms with van der Waals surface area (Å²) in [4.78, 5) is 32.1. The second-order valence-electron chi connectivity index (χ2n) is 8.12. The van der Waals surface area contributed by atoms with Gasteiger partial charge in [-0.3, -0.25) is 19.5 Å². The summed E-state index contributed by atoms with van der Waals surface area (Å²) in [5.74, 6) is -1.53. The van der Waals surface area contributed by atoms with Gasteiger partial charge in [0.05, 0.1) is 11.6 Å². The Balaban J connectivity index is 1.99. The molecule has 1 aromatic heterocycles. The number of nitrogens with zero attached hydrogens (tertiary/aromatic N) is 2. The van der Waals surface area contributed by atoms with Crippen LogP contribution in [0.15, 0.2) is 66.5 Å². The van der Waals surface area contributed by atoms with Gasteiger partial charge in [-0.15, -0.1) is 0 Å². The highest BCUT2D eigenvalue weighted by Crippen LogP contribution is 2.42. The Labute approximate surface area is 181 Å². The van der Waals surface area contributed by atoms with Crippen molar-refractivity contribution in [2.75, 3.05) is 4.90 Å². The van der Waals surface area contributed by atoms with Crippen molar-refractivity contribution in [1.82, 2.24) is 4.98 Å². The van der Waals surface area contributed by atoms with Crippen LogP contribution in [0.3, 0.4) is 0 Å². The molecule has 0 radical (unpaired) electrons. The first kappa shape index (κ1) is 20.5. The molecule has 0 aliphatic carbocycles. The molecule has 4 rings (SSSR count). The SMILES string of the molecule is Cc1cc(C)cc(N2C(=O)C(=O)/C(=C(/O)c3cc(C)ccc3C)C2c2cccnc2)c1. The molecule has 1 aliphatic heterocycles. The summed E-state index contributed by atoms with van der Waals surface area (Å²) in [5.41, 5.74) is 5.64. The van der Waals surface area contributed by atoms with Crippen molar-refractivity contribution in [2.45, 2.75) is 33.7 Å². The van der Waals surface area contributed by atoms with Crippen molar-refractivity contribution in [1.29, 1.82) is 0 Å². The highest BCUT2D eigenvalue weighted by Gasteiger charge is 2.47. The van der Waals surface area contributed by atoms with Crippen LogP contribution >= 0.6 is 0 Å². The number of carbonyl (C=O) groups is 2. The summed E-state index contributed by atoms with van der Waals surface area (Å²) in [7, 11) is 0. The molecule has 156 valence electrons. The van der Waals surface area contributed by atoms with Crippen molar-refractivity contribution in [3.63, 3.8) is 0 Å². The van der Waals surface area contributed by atoms with Gasteiger partial charge in [-0.1, -0.05) is 29.8 Å². The smallest absolute Gasteiger partial charge is 0.300 e. The van der Waals surface area contributed by atoms with Crippen LogP contribution < -0.4 is 4.90 Å². The number of aliphatic hydroxyl groups is 1. The Morgan fingerprint density at radius 3 is 2.29 bits per heavy atom. The molecular formula is C26H24N2O3. The second kappa shape index (κ2) is 7.84. The molecule has 3 aromatic rings. The molecule has 31 heavy (non-hydrogen) atoms. The maximum Gasteiger partial charge on any atom is 0.300 e. The first-order valence-corrected chi connectivity index (χ1v) is 10.1. The van der Waals surface area contributed by atoms with E-state index in [1.54, 1.807) is 18.5 Å². The monoisotopic (exact) mass is 412 g/mol. The van der Waals surface area contributed by atoms with Crippen LogP contribution in [-0.2, 0) is 9.59 Å². The molecule has 1 N–H and O–H groups in total. The molecule has 5 heteroatoms. The van der Waals surface area contributed by atoms with Crippen molar-refractivity contribution >= 4 is 23.1 Å². The highest BCUT2D eigenvalue weighted by atomic mass is 16.3. The maximum atomic E-state index is 13.2. The predicted octanol–water partition coefficient (Wildman–Crippen LogP) is 4.94. The normalized spacial score (nSPS) is 17.9. The Bertz CT molecular complexity index is 1210. The standard InChI is InChI=1S/C26H24N2O3/c1-15-7-8-18(4)21(13-15)24(29)22-23(19-6-5-9-27-14-19)28(26(31)25(22)30)20-11-16(2)10-17(3)12-20/h5-14,23,29H,1-4H3/b24-22+. The van der Waals surface area contributed by atoms with E-state index < -0.39 is 17.7 Å². The number of rotatable bonds is 3. The molecule has 0 bridgehead atoms. The van der Waals surface area contributed by atoms with E-state index in [-0.39, 0.29) is 11.3 Å². The highest BCUT2D eigenvalue weighted by molar-refractivity contribution is 6.51. The van der Waals surface area contributed by atoms with Crippen LogP contribution in [0, 0.1) is 27.7 Å². The van der Waals surface area contributed by atoms with Crippen LogP contribution in [0.4, 0.5) is 5.69 Å². The number of aliphatic hydroxyl groups excluding tert-OH is 1. The lowest BCUT2D eigenvalue weighted by Crippen LogP contribution is -2.29. The number of amides is 1. The molecule has 2 heterocycles. The quantitative estimate of drug-likeness (QED) is 0.376. The largest absolute Gasteiger partial charge is 0.507 e. The minimum atomic E-state index is -0.769. The molecular weight excluding hydrogens is 388 g/mol. The summed E-state index contributed by atoms with van der Waals surface area (Å²) < 4.78 is 0. The summed E-state index contributed by atoms with van der Waals surface area (Å²) in [6, 6.07) is 14.2. The van der Waals surface area contributed by atoms with E-state index in [1.165, 1.54) is 4.90 Å². The molecule has 1 amide bonds. The fourth-order valence-corrected chi connectivity index (χ4v) is 4.18. The molecule has 1 saturated heterocycles. The summed E-state index contributed by atoms with van der Waals surface area (Å²) in [5, 5.41) is 11.3. The first-order valence-electron chi connectivity index (χ1n) is 10.1. The number of hydrogen-bond acceptors (Lipinski definition) is 4. The van der Waals surface area contributed by atoms with Crippen molar-refractivity contribution in [3.8, 4) is 0 Å². The van der Waals surface area contributed by atoms with Crippen LogP contribution in [0.2, 0.25) is 0 Å². The zero-order chi connectivity index (χ0) is 22.3. The van der Waals surface area contributed by atoms with Gasteiger partial charge in [-0.05, 0) is 74.2 Å². The van der Waals surface area contributed by atoms with Gasteiger partial charge >= 0.3 is 0 Å². The summed E-state index contributed by atoms with van der Waals surface area (Å²) >= 11 is 0. The molecule has 1 fully saturated rings. The van der Waals surface area contributed by atoms with Gasteiger partial charge in [0.25, 0.3) is 11.7 Å². The Morgan fingerprint density at radius 2 is 1.65 bits per heavy atom. The number of benzene rings is 2. The fourth-order valence-electron chi connectivity index (χ4n) is 4.18. The minimum Gasteiger partial charge on any atom is -0.507 e. The first-order chi connectivity index (χ1) is 14.8. The maximum absolute atomic E-state index is 13.2. The Hall–Kier alpha value is -3.73. The van der Waals surface area contributed by atoms with Gasteiger partial charge in [0.1, 0.15) is 5.76 Å². The Kier molecular flexibility index (Phi) is 5.19. The molecule has 1 unspecified atom stereocenters. The van der Waals surface area contributed by atoms with E-state index in [0.717, 1.165) is 22.3 Å². The molecule has 0 saturated carbocycles. The van der Waals surface area contributed by atoms with Gasteiger partial charge in [0.2, 0.25) is 0 Å².